The van der Waals surface area contributed by atoms with Crippen molar-refractivity contribution in [1.29, 1.82) is 0 Å². The lowest BCUT2D eigenvalue weighted by atomic mass is 9.73. The Morgan fingerprint density at radius 1 is 1.16 bits per heavy atom. The second-order valence-corrected chi connectivity index (χ2v) is 8.28. The van der Waals surface area contributed by atoms with E-state index >= 15 is 0 Å². The third kappa shape index (κ3) is 4.27. The highest BCUT2D eigenvalue weighted by Gasteiger charge is 2.61. The number of cyclic esters (lactones) is 1. The van der Waals surface area contributed by atoms with Crippen LogP contribution < -0.4 is 5.32 Å². The van der Waals surface area contributed by atoms with Crippen molar-refractivity contribution in [3.63, 3.8) is 0 Å². The zero-order valence-corrected chi connectivity index (χ0v) is 17.1. The molecule has 2 aromatic rings. The van der Waals surface area contributed by atoms with Gasteiger partial charge in [0.1, 0.15) is 12.4 Å². The van der Waals surface area contributed by atoms with Crippen LogP contribution in [-0.4, -0.2) is 28.8 Å². The molecule has 0 aliphatic carbocycles. The van der Waals surface area contributed by atoms with Crippen LogP contribution in [0.1, 0.15) is 47.3 Å². The second-order valence-electron chi connectivity index (χ2n) is 8.28. The molecule has 5 nitrogen and oxygen atoms in total. The lowest BCUT2D eigenvalue weighted by molar-refractivity contribution is -0.254. The SMILES string of the molecule is Cc1ccc(F)cc1C(C)(C)CC(O)(C(=O)Nc1ccc2c(c1)COC2=O)C(F)(F)F. The number of hydrogen-bond donors (Lipinski definition) is 2. The first-order valence-corrected chi connectivity index (χ1v) is 9.42. The molecule has 1 unspecified atom stereocenters. The van der Waals surface area contributed by atoms with Crippen molar-refractivity contribution >= 4 is 17.6 Å². The van der Waals surface area contributed by atoms with Crippen molar-refractivity contribution in [2.24, 2.45) is 0 Å². The van der Waals surface area contributed by atoms with E-state index in [2.05, 4.69) is 5.32 Å². The Morgan fingerprint density at radius 3 is 2.48 bits per heavy atom. The minimum absolute atomic E-state index is 0.0236. The summed E-state index contributed by atoms with van der Waals surface area (Å²) in [6, 6.07) is 7.60. The maximum Gasteiger partial charge on any atom is 0.426 e. The number of anilines is 1. The standard InChI is InChI=1S/C22H21F4NO4/c1-12-4-5-14(23)9-17(12)20(2,3)11-21(30,22(24,25)26)19(29)27-15-6-7-16-13(8-15)10-31-18(16)28/h4-9,30H,10-11H2,1-3H3,(H,27,29). The fourth-order valence-electron chi connectivity index (χ4n) is 3.81. The van der Waals surface area contributed by atoms with Gasteiger partial charge >= 0.3 is 12.1 Å². The molecule has 1 amide bonds. The minimum atomic E-state index is -5.30. The molecule has 0 radical (unpaired) electrons. The molecule has 2 N–H and O–H groups in total. The summed E-state index contributed by atoms with van der Waals surface area (Å²) >= 11 is 0. The highest BCUT2D eigenvalue weighted by atomic mass is 19.4. The fraction of sp³-hybridized carbons (Fsp3) is 0.364. The van der Waals surface area contributed by atoms with E-state index in [0.717, 1.165) is 6.07 Å². The smallest absolute Gasteiger partial charge is 0.426 e. The molecule has 0 bridgehead atoms. The molecule has 0 saturated heterocycles. The van der Waals surface area contributed by atoms with Crippen molar-refractivity contribution in [2.45, 2.75) is 51.0 Å². The van der Waals surface area contributed by atoms with Gasteiger partial charge in [-0.2, -0.15) is 13.2 Å². The second kappa shape index (κ2) is 7.64. The Hall–Kier alpha value is -2.94. The zero-order chi connectivity index (χ0) is 23.2. The summed E-state index contributed by atoms with van der Waals surface area (Å²) in [6.45, 7) is 4.35. The molecule has 0 aromatic heterocycles. The first kappa shape index (κ1) is 22.7. The molecule has 9 heteroatoms. The normalized spacial score (nSPS) is 15.8. The quantitative estimate of drug-likeness (QED) is 0.535. The van der Waals surface area contributed by atoms with E-state index in [1.807, 2.05) is 0 Å². The fourth-order valence-corrected chi connectivity index (χ4v) is 3.81. The van der Waals surface area contributed by atoms with Crippen molar-refractivity contribution in [3.05, 3.63) is 64.5 Å². The molecule has 1 aliphatic rings. The molecule has 3 rings (SSSR count). The van der Waals surface area contributed by atoms with E-state index < -0.39 is 41.3 Å². The lowest BCUT2D eigenvalue weighted by Crippen LogP contribution is -2.57. The third-order valence-electron chi connectivity index (χ3n) is 5.41. The van der Waals surface area contributed by atoms with Gasteiger partial charge in [0.05, 0.1) is 5.56 Å². The largest absolute Gasteiger partial charge is 0.457 e. The molecule has 1 aliphatic heterocycles. The molecule has 0 fully saturated rings. The monoisotopic (exact) mass is 439 g/mol. The Morgan fingerprint density at radius 2 is 1.84 bits per heavy atom. The van der Waals surface area contributed by atoms with Crippen molar-refractivity contribution in [3.8, 4) is 0 Å². The highest BCUT2D eigenvalue weighted by Crippen LogP contribution is 2.43. The van der Waals surface area contributed by atoms with E-state index in [1.54, 1.807) is 6.92 Å². The number of hydrogen-bond acceptors (Lipinski definition) is 4. The van der Waals surface area contributed by atoms with Gasteiger partial charge in [0.2, 0.25) is 5.60 Å². The summed E-state index contributed by atoms with van der Waals surface area (Å²) in [5.41, 5.74) is -3.73. The average Bonchev–Trinajstić information content (AvgIpc) is 3.02. The van der Waals surface area contributed by atoms with Gasteiger partial charge in [0.15, 0.2) is 0 Å². The molecule has 31 heavy (non-hydrogen) atoms. The molecule has 0 spiro atoms. The first-order chi connectivity index (χ1) is 14.2. The number of aryl methyl sites for hydroxylation is 1. The minimum Gasteiger partial charge on any atom is -0.457 e. The number of aliphatic hydroxyl groups is 1. The Kier molecular flexibility index (Phi) is 5.60. The average molecular weight is 439 g/mol. The summed E-state index contributed by atoms with van der Waals surface area (Å²) < 4.78 is 60.3. The number of carbonyl (C=O) groups is 2. The maximum absolute atomic E-state index is 13.9. The number of nitrogens with one attached hydrogen (secondary N) is 1. The molecule has 1 heterocycles. The molecule has 1 atom stereocenters. The molecule has 0 saturated carbocycles. The van der Waals surface area contributed by atoms with Crippen LogP contribution in [0.3, 0.4) is 0 Å². The Labute approximate surface area is 176 Å². The topological polar surface area (TPSA) is 75.6 Å². The van der Waals surface area contributed by atoms with Crippen LogP contribution in [0, 0.1) is 12.7 Å². The van der Waals surface area contributed by atoms with Crippen LogP contribution in [0.5, 0.6) is 0 Å². The van der Waals surface area contributed by atoms with Crippen LogP contribution in [0.25, 0.3) is 0 Å². The van der Waals surface area contributed by atoms with Crippen LogP contribution in [0.4, 0.5) is 23.2 Å². The zero-order valence-electron chi connectivity index (χ0n) is 17.1. The van der Waals surface area contributed by atoms with Gasteiger partial charge in [-0.3, -0.25) is 4.79 Å². The highest BCUT2D eigenvalue weighted by molar-refractivity contribution is 5.99. The first-order valence-electron chi connectivity index (χ1n) is 9.42. The summed E-state index contributed by atoms with van der Waals surface area (Å²) in [5, 5.41) is 12.6. The maximum atomic E-state index is 13.9. The third-order valence-corrected chi connectivity index (χ3v) is 5.41. The number of carbonyl (C=O) groups excluding carboxylic acids is 2. The number of benzene rings is 2. The van der Waals surface area contributed by atoms with Gasteiger partial charge in [-0.15, -0.1) is 0 Å². The molecular formula is C22H21F4NO4. The number of halogens is 4. The number of ether oxygens (including phenoxy) is 1. The van der Waals surface area contributed by atoms with Crippen LogP contribution in [0.15, 0.2) is 36.4 Å². The van der Waals surface area contributed by atoms with Gasteiger partial charge < -0.3 is 15.2 Å². The van der Waals surface area contributed by atoms with Gasteiger partial charge in [0.25, 0.3) is 5.91 Å². The van der Waals surface area contributed by atoms with Crippen molar-refractivity contribution in [1.82, 2.24) is 0 Å². The summed E-state index contributed by atoms with van der Waals surface area (Å²) in [7, 11) is 0. The van der Waals surface area contributed by atoms with Crippen LogP contribution in [-0.2, 0) is 21.6 Å². The summed E-state index contributed by atoms with van der Waals surface area (Å²) in [6.07, 6.45) is -6.34. The Bertz CT molecular complexity index is 1050. The van der Waals surface area contributed by atoms with Crippen molar-refractivity contribution in [2.75, 3.05) is 5.32 Å². The lowest BCUT2D eigenvalue weighted by Gasteiger charge is -2.37. The number of rotatable bonds is 5. The number of fused-ring (bicyclic) bond motifs is 1. The van der Waals surface area contributed by atoms with E-state index in [1.165, 1.54) is 44.2 Å². The van der Waals surface area contributed by atoms with E-state index in [0.29, 0.717) is 11.1 Å². The molecule has 166 valence electrons. The predicted octanol–water partition coefficient (Wildman–Crippen LogP) is 4.40. The van der Waals surface area contributed by atoms with Crippen molar-refractivity contribution < 1.29 is 37.0 Å². The number of alkyl halides is 3. The number of amides is 1. The number of esters is 1. The summed E-state index contributed by atoms with van der Waals surface area (Å²) in [5.74, 6) is -2.87. The van der Waals surface area contributed by atoms with Crippen LogP contribution in [0.2, 0.25) is 0 Å². The molecule has 2 aromatic carbocycles. The van der Waals surface area contributed by atoms with Gasteiger partial charge in [0, 0.05) is 17.7 Å². The molecular weight excluding hydrogens is 418 g/mol. The van der Waals surface area contributed by atoms with Crippen LogP contribution >= 0.6 is 0 Å². The predicted molar refractivity (Wildman–Crippen MR) is 104 cm³/mol. The van der Waals surface area contributed by atoms with Gasteiger partial charge in [-0.25, -0.2) is 9.18 Å². The van der Waals surface area contributed by atoms with Gasteiger partial charge in [-0.05, 0) is 53.8 Å². The van der Waals surface area contributed by atoms with E-state index in [4.69, 9.17) is 4.74 Å². The van der Waals surface area contributed by atoms with E-state index in [-0.39, 0.29) is 23.4 Å². The van der Waals surface area contributed by atoms with E-state index in [9.17, 15) is 32.3 Å². The summed E-state index contributed by atoms with van der Waals surface area (Å²) in [4.78, 5) is 24.2. The Balaban J connectivity index is 1.92. The van der Waals surface area contributed by atoms with Gasteiger partial charge in [-0.1, -0.05) is 19.9 Å².